The minimum atomic E-state index is -1.83. The quantitative estimate of drug-likeness (QED) is 0.0667. The van der Waals surface area contributed by atoms with Gasteiger partial charge in [-0.25, -0.2) is 17.6 Å². The number of halogens is 4. The van der Waals surface area contributed by atoms with Gasteiger partial charge in [0.2, 0.25) is 0 Å². The molecule has 0 unspecified atom stereocenters. The van der Waals surface area contributed by atoms with Crippen LogP contribution in [0.5, 0.6) is 23.0 Å². The zero-order chi connectivity index (χ0) is 35.9. The van der Waals surface area contributed by atoms with Crippen LogP contribution in [-0.2, 0) is 26.7 Å². The van der Waals surface area contributed by atoms with Crippen LogP contribution in [0.4, 0.5) is 17.6 Å². The summed E-state index contributed by atoms with van der Waals surface area (Å²) in [6.07, 6.45) is 0. The molecule has 0 bridgehead atoms. The van der Waals surface area contributed by atoms with Crippen LogP contribution in [0.25, 0.3) is 0 Å². The molecular formula is C28H33B4F4KO12. The second-order valence-corrected chi connectivity index (χ2v) is 8.89. The predicted molar refractivity (Wildman–Crippen MR) is 169 cm³/mol. The van der Waals surface area contributed by atoms with Crippen LogP contribution in [-0.4, -0.2) is 69.5 Å². The van der Waals surface area contributed by atoms with Crippen LogP contribution in [0.1, 0.15) is 23.7 Å². The molecule has 0 aliphatic carbocycles. The van der Waals surface area contributed by atoms with Gasteiger partial charge in [0.05, 0.1) is 0 Å². The fourth-order valence-corrected chi connectivity index (χ4v) is 3.12. The Morgan fingerprint density at radius 2 is 0.490 bits per heavy atom. The molecule has 12 nitrogen and oxygen atoms in total. The molecule has 49 heavy (non-hydrogen) atoms. The monoisotopic (exact) mass is 720 g/mol. The van der Waals surface area contributed by atoms with Crippen molar-refractivity contribution >= 4 is 29.3 Å². The smallest absolute Gasteiger partial charge is 1.00 e. The largest absolute Gasteiger partial charge is 1.00 e. The third-order valence-corrected chi connectivity index (χ3v) is 5.28. The van der Waals surface area contributed by atoms with E-state index in [1.54, 1.807) is 0 Å². The van der Waals surface area contributed by atoms with Gasteiger partial charge in [-0.05, 0) is 70.8 Å². The Labute approximate surface area is 325 Å². The van der Waals surface area contributed by atoms with E-state index in [9.17, 15) is 17.6 Å². The zero-order valence-corrected chi connectivity index (χ0v) is 29.2. The summed E-state index contributed by atoms with van der Waals surface area (Å²) in [5.74, 6) is 1.17. The fraction of sp³-hybridized carbons (Fsp3) is 0.143. The molecule has 0 aliphatic rings. The molecule has 0 saturated heterocycles. The van der Waals surface area contributed by atoms with Gasteiger partial charge in [-0.3, -0.25) is 0 Å². The molecule has 0 heterocycles. The van der Waals surface area contributed by atoms with E-state index in [0.29, 0.717) is 45.3 Å². The maximum Gasteiger partial charge on any atom is 1.00 e. The van der Waals surface area contributed by atoms with Crippen molar-refractivity contribution in [3.63, 3.8) is 0 Å². The Bertz CT molecular complexity index is 1180. The van der Waals surface area contributed by atoms with E-state index in [-0.39, 0.29) is 52.8 Å². The SMILES string of the molecule is OB(O)Oc1ccc(CF)cc1.OB(O)Oc1ccc(CF)cc1.OB(O)Oc1ccc(CF)cc1.OB(O)Oc1ccc(CF)cc1.[H-].[K+]. The summed E-state index contributed by atoms with van der Waals surface area (Å²) >= 11 is 0. The van der Waals surface area contributed by atoms with E-state index in [1.165, 1.54) is 97.1 Å². The minimum absolute atomic E-state index is 0. The standard InChI is InChI=1S/4C7H8BFO3.K.H/c4*9-5-6-1-3-7(4-2-6)12-8(10)11;;/h4*1-4,10-11H,5H2;;/q;;;;+1;-1. The predicted octanol–water partition coefficient (Wildman–Crippen LogP) is -0.866. The van der Waals surface area contributed by atoms with E-state index in [0.717, 1.165) is 0 Å². The topological polar surface area (TPSA) is 199 Å². The van der Waals surface area contributed by atoms with Crippen LogP contribution in [0.2, 0.25) is 0 Å². The van der Waals surface area contributed by atoms with Gasteiger partial charge < -0.3 is 60.2 Å². The molecule has 8 N–H and O–H groups in total. The first-order valence-electron chi connectivity index (χ1n) is 13.6. The number of hydrogen-bond donors (Lipinski definition) is 8. The van der Waals surface area contributed by atoms with E-state index < -0.39 is 56.0 Å². The van der Waals surface area contributed by atoms with Gasteiger partial charge in [-0.1, -0.05) is 48.5 Å². The molecule has 4 rings (SSSR count). The van der Waals surface area contributed by atoms with Crippen molar-refractivity contribution in [2.75, 3.05) is 0 Å². The third-order valence-electron chi connectivity index (χ3n) is 5.28. The van der Waals surface area contributed by atoms with Crippen molar-refractivity contribution in [1.29, 1.82) is 0 Å². The van der Waals surface area contributed by atoms with Crippen LogP contribution in [0.3, 0.4) is 0 Å². The molecule has 0 saturated carbocycles. The number of rotatable bonds is 12. The number of hydrogen-bond acceptors (Lipinski definition) is 12. The molecule has 0 fully saturated rings. The molecule has 4 aromatic carbocycles. The first-order valence-corrected chi connectivity index (χ1v) is 13.6. The van der Waals surface area contributed by atoms with Crippen molar-refractivity contribution in [2.45, 2.75) is 26.7 Å². The summed E-state index contributed by atoms with van der Waals surface area (Å²) in [6.45, 7) is -2.16. The van der Waals surface area contributed by atoms with Crippen LogP contribution in [0, 0.1) is 0 Å². The Kier molecular flexibility index (Phi) is 25.7. The van der Waals surface area contributed by atoms with Gasteiger partial charge in [-0.2, -0.15) is 0 Å². The zero-order valence-electron chi connectivity index (χ0n) is 27.1. The molecule has 0 atom stereocenters. The Morgan fingerprint density at radius 3 is 0.592 bits per heavy atom. The summed E-state index contributed by atoms with van der Waals surface area (Å²) in [5.41, 5.74) is 2.09. The van der Waals surface area contributed by atoms with Crippen molar-refractivity contribution in [2.24, 2.45) is 0 Å². The first-order chi connectivity index (χ1) is 22.9. The number of benzene rings is 4. The Morgan fingerprint density at radius 1 is 0.347 bits per heavy atom. The molecule has 0 aromatic heterocycles. The molecule has 0 radical (unpaired) electrons. The van der Waals surface area contributed by atoms with E-state index in [1.807, 2.05) is 0 Å². The van der Waals surface area contributed by atoms with Crippen LogP contribution in [0.15, 0.2) is 97.1 Å². The minimum Gasteiger partial charge on any atom is -1.00 e. The molecule has 0 spiro atoms. The van der Waals surface area contributed by atoms with E-state index >= 15 is 0 Å². The van der Waals surface area contributed by atoms with Gasteiger partial charge in [0, 0.05) is 0 Å². The summed E-state index contributed by atoms with van der Waals surface area (Å²) in [6, 6.07) is 23.8. The van der Waals surface area contributed by atoms with Crippen molar-refractivity contribution in [1.82, 2.24) is 0 Å². The van der Waals surface area contributed by atoms with E-state index in [2.05, 4.69) is 18.6 Å². The maximum absolute atomic E-state index is 12.0. The van der Waals surface area contributed by atoms with Crippen molar-refractivity contribution in [3.05, 3.63) is 119 Å². The Hall–Kier alpha value is -2.62. The average molecular weight is 720 g/mol. The average Bonchev–Trinajstić information content (AvgIpc) is 3.06. The van der Waals surface area contributed by atoms with Crippen molar-refractivity contribution in [3.8, 4) is 23.0 Å². The second-order valence-electron chi connectivity index (χ2n) is 8.89. The molecule has 4 aromatic rings. The molecule has 258 valence electrons. The van der Waals surface area contributed by atoms with E-state index in [4.69, 9.17) is 40.2 Å². The van der Waals surface area contributed by atoms with Crippen LogP contribution < -0.4 is 70.0 Å². The Balaban J connectivity index is 0. The van der Waals surface area contributed by atoms with Gasteiger partial charge in [0.1, 0.15) is 49.7 Å². The summed E-state index contributed by atoms with van der Waals surface area (Å²) in [7, 11) is -7.33. The van der Waals surface area contributed by atoms with Gasteiger partial charge in [-0.15, -0.1) is 0 Å². The second kappa shape index (κ2) is 27.1. The summed E-state index contributed by atoms with van der Waals surface area (Å²) in [4.78, 5) is 0. The van der Waals surface area contributed by atoms with Gasteiger partial charge >= 0.3 is 80.7 Å². The van der Waals surface area contributed by atoms with Gasteiger partial charge in [0.25, 0.3) is 0 Å². The number of alkyl halides is 4. The molecule has 0 amide bonds. The normalized spacial score (nSPS) is 9.39. The van der Waals surface area contributed by atoms with Crippen molar-refractivity contribution < 1.29 is 129 Å². The van der Waals surface area contributed by atoms with Gasteiger partial charge in [0.15, 0.2) is 0 Å². The maximum atomic E-state index is 12.0. The third kappa shape index (κ3) is 22.7. The molecule has 21 heteroatoms. The summed E-state index contributed by atoms with van der Waals surface area (Å²) < 4.78 is 65.9. The fourth-order valence-electron chi connectivity index (χ4n) is 3.12. The molecular weight excluding hydrogens is 687 g/mol. The molecule has 0 aliphatic heterocycles. The first kappa shape index (κ1) is 46.4. The van der Waals surface area contributed by atoms with Crippen LogP contribution >= 0.6 is 0 Å². The summed E-state index contributed by atoms with van der Waals surface area (Å²) in [5, 5.41) is 67.1.